The Labute approximate surface area is 157 Å². The van der Waals surface area contributed by atoms with E-state index in [2.05, 4.69) is 20.9 Å². The fourth-order valence-corrected chi connectivity index (χ4v) is 3.10. The zero-order chi connectivity index (χ0) is 19.4. The van der Waals surface area contributed by atoms with E-state index in [0.717, 1.165) is 17.3 Å². The quantitative estimate of drug-likeness (QED) is 0.619. The van der Waals surface area contributed by atoms with Gasteiger partial charge in [0.25, 0.3) is 5.91 Å². The number of rotatable bonds is 6. The normalized spacial score (nSPS) is 19.5. The minimum Gasteiger partial charge on any atom is -0.380 e. The number of halogens is 1. The first-order chi connectivity index (χ1) is 13.0. The predicted molar refractivity (Wildman–Crippen MR) is 103 cm³/mol. The van der Waals surface area contributed by atoms with Crippen LogP contribution in [0.3, 0.4) is 0 Å². The average Bonchev–Trinajstić information content (AvgIpc) is 2.64. The molecule has 0 radical (unpaired) electrons. The molecule has 7 nitrogen and oxygen atoms in total. The van der Waals surface area contributed by atoms with Gasteiger partial charge in [-0.05, 0) is 44.2 Å². The van der Waals surface area contributed by atoms with Crippen LogP contribution in [-0.4, -0.2) is 43.2 Å². The summed E-state index contributed by atoms with van der Waals surface area (Å²) in [5, 5.41) is 9.36. The first kappa shape index (κ1) is 19.1. The van der Waals surface area contributed by atoms with Crippen molar-refractivity contribution in [2.45, 2.75) is 25.4 Å². The van der Waals surface area contributed by atoms with E-state index < -0.39 is 11.7 Å². The van der Waals surface area contributed by atoms with E-state index in [1.54, 1.807) is 0 Å². The first-order valence-corrected chi connectivity index (χ1v) is 8.83. The van der Waals surface area contributed by atoms with Crippen LogP contribution in [0.5, 0.6) is 0 Å². The number of nitrogens with two attached hydrogens (primary N) is 1. The van der Waals surface area contributed by atoms with Crippen molar-refractivity contribution in [3.8, 4) is 0 Å². The van der Waals surface area contributed by atoms with E-state index in [9.17, 15) is 9.18 Å². The third-order valence-electron chi connectivity index (χ3n) is 4.57. The summed E-state index contributed by atoms with van der Waals surface area (Å²) in [4.78, 5) is 16.1. The number of aromatic nitrogens is 1. The summed E-state index contributed by atoms with van der Waals surface area (Å²) in [7, 11) is 1.83. The van der Waals surface area contributed by atoms with Crippen molar-refractivity contribution < 1.29 is 13.9 Å². The Kier molecular flexibility index (Phi) is 5.88. The number of ether oxygens (including phenoxy) is 1. The van der Waals surface area contributed by atoms with E-state index in [1.807, 2.05) is 38.2 Å². The Morgan fingerprint density at radius 3 is 2.81 bits per heavy atom. The van der Waals surface area contributed by atoms with Crippen molar-refractivity contribution in [3.63, 3.8) is 0 Å². The Hall–Kier alpha value is -2.71. The SMILES string of the molecule is CN[C@H]1COCC[C@H]1Nc1nc(Nc2cccc(C)c2)c(C(N)=O)cc1F. The van der Waals surface area contributed by atoms with E-state index in [1.165, 1.54) is 0 Å². The number of anilines is 3. The number of amides is 1. The summed E-state index contributed by atoms with van der Waals surface area (Å²) in [6, 6.07) is 8.67. The van der Waals surface area contributed by atoms with Crippen LogP contribution in [0.1, 0.15) is 22.3 Å². The van der Waals surface area contributed by atoms with Crippen LogP contribution in [0.15, 0.2) is 30.3 Å². The number of nitrogens with one attached hydrogen (secondary N) is 3. The van der Waals surface area contributed by atoms with Gasteiger partial charge < -0.3 is 26.4 Å². The van der Waals surface area contributed by atoms with Crippen LogP contribution in [0.2, 0.25) is 0 Å². The van der Waals surface area contributed by atoms with E-state index in [-0.39, 0.29) is 29.3 Å². The lowest BCUT2D eigenvalue weighted by atomic mass is 10.0. The molecule has 5 N–H and O–H groups in total. The molecule has 1 aliphatic rings. The van der Waals surface area contributed by atoms with Gasteiger partial charge in [-0.1, -0.05) is 12.1 Å². The molecule has 1 fully saturated rings. The highest BCUT2D eigenvalue weighted by molar-refractivity contribution is 5.98. The van der Waals surface area contributed by atoms with Crippen LogP contribution < -0.4 is 21.7 Å². The molecule has 3 rings (SSSR count). The number of aryl methyl sites for hydroxylation is 1. The Morgan fingerprint density at radius 2 is 2.11 bits per heavy atom. The van der Waals surface area contributed by atoms with Crippen LogP contribution in [-0.2, 0) is 4.74 Å². The van der Waals surface area contributed by atoms with Crippen LogP contribution >= 0.6 is 0 Å². The smallest absolute Gasteiger partial charge is 0.252 e. The molecule has 0 unspecified atom stereocenters. The Morgan fingerprint density at radius 1 is 1.30 bits per heavy atom. The molecule has 0 bridgehead atoms. The van der Waals surface area contributed by atoms with Crippen molar-refractivity contribution in [1.29, 1.82) is 0 Å². The van der Waals surface area contributed by atoms with Crippen LogP contribution in [0, 0.1) is 12.7 Å². The van der Waals surface area contributed by atoms with Gasteiger partial charge in [0.1, 0.15) is 5.82 Å². The lowest BCUT2D eigenvalue weighted by Gasteiger charge is -2.32. The van der Waals surface area contributed by atoms with E-state index >= 15 is 0 Å². The lowest BCUT2D eigenvalue weighted by Crippen LogP contribution is -2.49. The monoisotopic (exact) mass is 373 g/mol. The maximum absolute atomic E-state index is 14.6. The molecule has 1 aromatic heterocycles. The number of hydrogen-bond acceptors (Lipinski definition) is 6. The summed E-state index contributed by atoms with van der Waals surface area (Å²) in [6.45, 7) is 3.07. The maximum Gasteiger partial charge on any atom is 0.252 e. The van der Waals surface area contributed by atoms with Gasteiger partial charge in [-0.15, -0.1) is 0 Å². The summed E-state index contributed by atoms with van der Waals surface area (Å²) in [5.41, 5.74) is 7.19. The third-order valence-corrected chi connectivity index (χ3v) is 4.57. The molecule has 2 atom stereocenters. The number of carbonyl (C=O) groups is 1. The number of hydrogen-bond donors (Lipinski definition) is 4. The number of likely N-dealkylation sites (N-methyl/N-ethyl adjacent to an activating group) is 1. The fourth-order valence-electron chi connectivity index (χ4n) is 3.10. The molecule has 1 amide bonds. The third kappa shape index (κ3) is 4.53. The number of nitrogens with zero attached hydrogens (tertiary/aromatic N) is 1. The van der Waals surface area contributed by atoms with E-state index in [0.29, 0.717) is 19.6 Å². The summed E-state index contributed by atoms with van der Waals surface area (Å²) < 4.78 is 20.0. The topological polar surface area (TPSA) is 101 Å². The van der Waals surface area contributed by atoms with Crippen molar-refractivity contribution in [1.82, 2.24) is 10.3 Å². The van der Waals surface area contributed by atoms with Crippen molar-refractivity contribution in [2.75, 3.05) is 30.9 Å². The molecule has 2 heterocycles. The lowest BCUT2D eigenvalue weighted by molar-refractivity contribution is 0.0656. The Balaban J connectivity index is 1.91. The zero-order valence-corrected chi connectivity index (χ0v) is 15.4. The van der Waals surface area contributed by atoms with E-state index in [4.69, 9.17) is 10.5 Å². The molecule has 1 aliphatic heterocycles. The summed E-state index contributed by atoms with van der Waals surface area (Å²) >= 11 is 0. The predicted octanol–water partition coefficient (Wildman–Crippen LogP) is 2.16. The standard InChI is InChI=1S/C19H24FN5O2/c1-11-4-3-5-12(8-11)23-18-13(17(21)26)9-14(20)19(25-18)24-15-6-7-27-10-16(15)22-2/h3-5,8-9,15-16,22H,6-7,10H2,1-2H3,(H2,21,26)(H2,23,24,25)/t15-,16+/m1/s1. The minimum absolute atomic E-state index is 0.00306. The van der Waals surface area contributed by atoms with Gasteiger partial charge in [-0.2, -0.15) is 0 Å². The molecule has 2 aromatic rings. The Bertz CT molecular complexity index is 830. The first-order valence-electron chi connectivity index (χ1n) is 8.83. The molecule has 0 spiro atoms. The molecule has 1 aromatic carbocycles. The number of benzene rings is 1. The molecule has 1 saturated heterocycles. The number of carbonyl (C=O) groups excluding carboxylic acids is 1. The number of pyridine rings is 1. The highest BCUT2D eigenvalue weighted by atomic mass is 19.1. The largest absolute Gasteiger partial charge is 0.380 e. The van der Waals surface area contributed by atoms with Crippen LogP contribution in [0.25, 0.3) is 0 Å². The van der Waals surface area contributed by atoms with Gasteiger partial charge in [0, 0.05) is 18.3 Å². The minimum atomic E-state index is -0.748. The second-order valence-electron chi connectivity index (χ2n) is 6.58. The zero-order valence-electron chi connectivity index (χ0n) is 15.4. The summed E-state index contributed by atoms with van der Waals surface area (Å²) in [6.07, 6.45) is 0.713. The molecule has 27 heavy (non-hydrogen) atoms. The van der Waals surface area contributed by atoms with Gasteiger partial charge in [0.05, 0.1) is 18.2 Å². The molecule has 144 valence electrons. The molecule has 8 heteroatoms. The van der Waals surface area contributed by atoms with Gasteiger partial charge in [0.15, 0.2) is 11.6 Å². The van der Waals surface area contributed by atoms with Crippen molar-refractivity contribution in [3.05, 3.63) is 47.3 Å². The van der Waals surface area contributed by atoms with Crippen molar-refractivity contribution >= 4 is 23.2 Å². The average molecular weight is 373 g/mol. The summed E-state index contributed by atoms with van der Waals surface area (Å²) in [5.74, 6) is -1.09. The second kappa shape index (κ2) is 8.32. The number of primary amides is 1. The molecular formula is C19H24FN5O2. The van der Waals surface area contributed by atoms with Gasteiger partial charge in [0.2, 0.25) is 0 Å². The molecular weight excluding hydrogens is 349 g/mol. The van der Waals surface area contributed by atoms with Crippen LogP contribution in [0.4, 0.5) is 21.7 Å². The highest BCUT2D eigenvalue weighted by Gasteiger charge is 2.26. The fraction of sp³-hybridized carbons (Fsp3) is 0.368. The maximum atomic E-state index is 14.6. The molecule has 0 aliphatic carbocycles. The highest BCUT2D eigenvalue weighted by Crippen LogP contribution is 2.25. The second-order valence-corrected chi connectivity index (χ2v) is 6.58. The van der Waals surface area contributed by atoms with Gasteiger partial charge in [-0.3, -0.25) is 4.79 Å². The van der Waals surface area contributed by atoms with Crippen molar-refractivity contribution in [2.24, 2.45) is 5.73 Å². The molecule has 0 saturated carbocycles. The van der Waals surface area contributed by atoms with Gasteiger partial charge >= 0.3 is 0 Å². The van der Waals surface area contributed by atoms with Gasteiger partial charge in [-0.25, -0.2) is 9.37 Å².